The smallest absolute Gasteiger partial charge is 0.174 e. The van der Waals surface area contributed by atoms with Gasteiger partial charge in [-0.25, -0.2) is 4.57 Å². The molecule has 0 saturated heterocycles. The zero-order chi connectivity index (χ0) is 13.1. The number of benzene rings is 1. The molecule has 0 amide bonds. The first-order valence-electron chi connectivity index (χ1n) is 6.29. The van der Waals surface area contributed by atoms with Crippen molar-refractivity contribution in [2.75, 3.05) is 19.0 Å². The largest absolute Gasteiger partial charge is 0.377 e. The van der Waals surface area contributed by atoms with Crippen molar-refractivity contribution in [3.8, 4) is 0 Å². The molecule has 0 aliphatic carbocycles. The van der Waals surface area contributed by atoms with Gasteiger partial charge in [0.25, 0.3) is 0 Å². The van der Waals surface area contributed by atoms with E-state index in [-0.39, 0.29) is 0 Å². The second-order valence-electron chi connectivity index (χ2n) is 5.05. The van der Waals surface area contributed by atoms with E-state index in [0.717, 1.165) is 6.54 Å². The molecule has 2 heteroatoms. The van der Waals surface area contributed by atoms with Crippen LogP contribution < -0.4 is 9.47 Å². The molecule has 0 fully saturated rings. The molecular formula is C16H21N2+. The number of rotatable bonds is 3. The average molecular weight is 241 g/mol. The summed E-state index contributed by atoms with van der Waals surface area (Å²) in [6.07, 6.45) is 4.27. The van der Waals surface area contributed by atoms with E-state index in [9.17, 15) is 0 Å². The van der Waals surface area contributed by atoms with Crippen LogP contribution in [-0.4, -0.2) is 14.1 Å². The van der Waals surface area contributed by atoms with Crippen LogP contribution in [0.2, 0.25) is 0 Å². The highest BCUT2D eigenvalue weighted by atomic mass is 15.1. The van der Waals surface area contributed by atoms with Crippen molar-refractivity contribution in [3.05, 3.63) is 59.4 Å². The Morgan fingerprint density at radius 2 is 1.67 bits per heavy atom. The minimum Gasteiger partial charge on any atom is -0.377 e. The lowest BCUT2D eigenvalue weighted by molar-refractivity contribution is -0.688. The van der Waals surface area contributed by atoms with E-state index in [1.807, 2.05) is 0 Å². The number of pyridine rings is 1. The van der Waals surface area contributed by atoms with Gasteiger partial charge in [-0.3, -0.25) is 0 Å². The molecule has 0 spiro atoms. The topological polar surface area (TPSA) is 7.12 Å². The van der Waals surface area contributed by atoms with E-state index in [1.165, 1.54) is 22.4 Å². The molecular weight excluding hydrogens is 220 g/mol. The standard InChI is InChI=1S/C16H21N2/c1-13-5-6-14(2)15(11-13)12-18-9-7-16(8-10-18)17(3)4/h5-11H,12H2,1-4H3/q+1. The van der Waals surface area contributed by atoms with Gasteiger partial charge in [0.05, 0.1) is 0 Å². The van der Waals surface area contributed by atoms with Gasteiger partial charge < -0.3 is 4.90 Å². The molecule has 0 atom stereocenters. The van der Waals surface area contributed by atoms with E-state index >= 15 is 0 Å². The lowest BCUT2D eigenvalue weighted by Crippen LogP contribution is -2.33. The third-order valence-corrected chi connectivity index (χ3v) is 3.25. The second kappa shape index (κ2) is 5.21. The second-order valence-corrected chi connectivity index (χ2v) is 5.05. The summed E-state index contributed by atoms with van der Waals surface area (Å²) in [5.41, 5.74) is 5.29. The molecule has 1 heterocycles. The van der Waals surface area contributed by atoms with Crippen molar-refractivity contribution in [2.45, 2.75) is 20.4 Å². The summed E-state index contributed by atoms with van der Waals surface area (Å²) in [6, 6.07) is 10.9. The van der Waals surface area contributed by atoms with E-state index < -0.39 is 0 Å². The number of anilines is 1. The minimum absolute atomic E-state index is 0.932. The van der Waals surface area contributed by atoms with Gasteiger partial charge in [0.1, 0.15) is 0 Å². The Morgan fingerprint density at radius 3 is 2.28 bits per heavy atom. The minimum atomic E-state index is 0.932. The van der Waals surface area contributed by atoms with Crippen LogP contribution in [0.5, 0.6) is 0 Å². The molecule has 2 nitrogen and oxygen atoms in total. The van der Waals surface area contributed by atoms with Crippen LogP contribution in [0.15, 0.2) is 42.7 Å². The third kappa shape index (κ3) is 2.89. The van der Waals surface area contributed by atoms with Crippen molar-refractivity contribution in [1.29, 1.82) is 0 Å². The quantitative estimate of drug-likeness (QED) is 0.749. The number of aryl methyl sites for hydroxylation is 2. The van der Waals surface area contributed by atoms with Crippen LogP contribution in [0.3, 0.4) is 0 Å². The van der Waals surface area contributed by atoms with Crippen molar-refractivity contribution < 1.29 is 4.57 Å². The van der Waals surface area contributed by atoms with Gasteiger partial charge in [0.2, 0.25) is 0 Å². The fourth-order valence-corrected chi connectivity index (χ4v) is 2.02. The van der Waals surface area contributed by atoms with Gasteiger partial charge in [-0.05, 0) is 25.5 Å². The maximum atomic E-state index is 2.27. The lowest BCUT2D eigenvalue weighted by Gasteiger charge is -2.10. The van der Waals surface area contributed by atoms with E-state index in [0.29, 0.717) is 0 Å². The fourth-order valence-electron chi connectivity index (χ4n) is 2.02. The monoisotopic (exact) mass is 241 g/mol. The van der Waals surface area contributed by atoms with Crippen LogP contribution in [0, 0.1) is 13.8 Å². The van der Waals surface area contributed by atoms with Crippen molar-refractivity contribution in [1.82, 2.24) is 0 Å². The molecule has 0 bridgehead atoms. The zero-order valence-corrected chi connectivity index (χ0v) is 11.6. The molecule has 0 radical (unpaired) electrons. The Kier molecular flexibility index (Phi) is 3.66. The van der Waals surface area contributed by atoms with Gasteiger partial charge >= 0.3 is 0 Å². The summed E-state index contributed by atoms with van der Waals surface area (Å²) in [7, 11) is 4.12. The van der Waals surface area contributed by atoms with Crippen LogP contribution in [-0.2, 0) is 6.54 Å². The highest BCUT2D eigenvalue weighted by molar-refractivity contribution is 5.41. The lowest BCUT2D eigenvalue weighted by atomic mass is 10.1. The molecule has 0 N–H and O–H groups in total. The van der Waals surface area contributed by atoms with Crippen LogP contribution >= 0.6 is 0 Å². The van der Waals surface area contributed by atoms with Crippen molar-refractivity contribution in [3.63, 3.8) is 0 Å². The molecule has 18 heavy (non-hydrogen) atoms. The van der Waals surface area contributed by atoms with Gasteiger partial charge in [-0.2, -0.15) is 0 Å². The van der Waals surface area contributed by atoms with Crippen LogP contribution in [0.4, 0.5) is 5.69 Å². The Morgan fingerprint density at radius 1 is 1.00 bits per heavy atom. The van der Waals surface area contributed by atoms with E-state index in [1.54, 1.807) is 0 Å². The van der Waals surface area contributed by atoms with Gasteiger partial charge in [0.15, 0.2) is 18.9 Å². The van der Waals surface area contributed by atoms with Crippen molar-refractivity contribution >= 4 is 5.69 Å². The first-order chi connectivity index (χ1) is 8.56. The number of hydrogen-bond acceptors (Lipinski definition) is 1. The highest BCUT2D eigenvalue weighted by Crippen LogP contribution is 2.11. The first kappa shape index (κ1) is 12.6. The predicted molar refractivity (Wildman–Crippen MR) is 76.0 cm³/mol. The van der Waals surface area contributed by atoms with Gasteiger partial charge in [-0.15, -0.1) is 0 Å². The maximum Gasteiger partial charge on any atom is 0.174 e. The molecule has 0 unspecified atom stereocenters. The molecule has 0 saturated carbocycles. The summed E-state index contributed by atoms with van der Waals surface area (Å²) < 4.78 is 2.22. The highest BCUT2D eigenvalue weighted by Gasteiger charge is 2.06. The first-order valence-corrected chi connectivity index (χ1v) is 6.29. The Labute approximate surface area is 110 Å². The van der Waals surface area contributed by atoms with Gasteiger partial charge in [0, 0.05) is 37.5 Å². The number of hydrogen-bond donors (Lipinski definition) is 0. The molecule has 0 aliphatic heterocycles. The predicted octanol–water partition coefficient (Wildman–Crippen LogP) is 2.71. The summed E-state index contributed by atoms with van der Waals surface area (Å²) in [5.74, 6) is 0. The summed E-state index contributed by atoms with van der Waals surface area (Å²) in [6.45, 7) is 5.24. The van der Waals surface area contributed by atoms with Crippen LogP contribution in [0.25, 0.3) is 0 Å². The Bertz CT molecular complexity index is 527. The number of nitrogens with zero attached hydrogens (tertiary/aromatic N) is 2. The average Bonchev–Trinajstić information content (AvgIpc) is 2.34. The third-order valence-electron chi connectivity index (χ3n) is 3.25. The number of aromatic nitrogens is 1. The molecule has 2 aromatic rings. The summed E-state index contributed by atoms with van der Waals surface area (Å²) >= 11 is 0. The van der Waals surface area contributed by atoms with E-state index in [4.69, 9.17) is 0 Å². The molecule has 1 aromatic heterocycles. The Hall–Kier alpha value is -1.83. The fraction of sp³-hybridized carbons (Fsp3) is 0.312. The van der Waals surface area contributed by atoms with Gasteiger partial charge in [-0.1, -0.05) is 17.7 Å². The van der Waals surface area contributed by atoms with E-state index in [2.05, 4.69) is 80.1 Å². The Balaban J connectivity index is 2.21. The normalized spacial score (nSPS) is 10.4. The summed E-state index contributed by atoms with van der Waals surface area (Å²) in [5, 5.41) is 0. The molecule has 94 valence electrons. The molecule has 2 rings (SSSR count). The molecule has 0 aliphatic rings. The summed E-state index contributed by atoms with van der Waals surface area (Å²) in [4.78, 5) is 2.11. The SMILES string of the molecule is Cc1ccc(C)c(C[n+]2ccc(N(C)C)cc2)c1. The zero-order valence-electron chi connectivity index (χ0n) is 11.6. The van der Waals surface area contributed by atoms with Crippen molar-refractivity contribution in [2.24, 2.45) is 0 Å². The molecule has 1 aromatic carbocycles. The van der Waals surface area contributed by atoms with Crippen LogP contribution in [0.1, 0.15) is 16.7 Å². The maximum absolute atomic E-state index is 2.27.